The topological polar surface area (TPSA) is 106 Å². The number of nitrogens with one attached hydrogen (secondary N) is 1. The predicted molar refractivity (Wildman–Crippen MR) is 126 cm³/mol. The third kappa shape index (κ3) is 4.99. The summed E-state index contributed by atoms with van der Waals surface area (Å²) in [6.45, 7) is 5.04. The van der Waals surface area contributed by atoms with Crippen LogP contribution < -0.4 is 15.0 Å². The fourth-order valence-electron chi connectivity index (χ4n) is 4.53. The molecule has 0 amide bonds. The first-order valence-corrected chi connectivity index (χ1v) is 11.6. The lowest BCUT2D eigenvalue weighted by molar-refractivity contribution is 0.122. The van der Waals surface area contributed by atoms with Gasteiger partial charge in [0.15, 0.2) is 0 Å². The molecule has 2 N–H and O–H groups in total. The first kappa shape index (κ1) is 21.8. The molecular weight excluding hydrogens is 420 g/mol. The molecule has 0 unspecified atom stereocenters. The van der Waals surface area contributed by atoms with Crippen LogP contribution in [-0.4, -0.2) is 63.5 Å². The number of morpholine rings is 1. The Morgan fingerprint density at radius 3 is 2.64 bits per heavy atom. The largest absolute Gasteiger partial charge is 0.488 e. The van der Waals surface area contributed by atoms with E-state index in [4.69, 9.17) is 9.47 Å². The zero-order valence-electron chi connectivity index (χ0n) is 18.9. The molecule has 1 aliphatic heterocycles. The highest BCUT2D eigenvalue weighted by Gasteiger charge is 2.25. The second kappa shape index (κ2) is 9.84. The van der Waals surface area contributed by atoms with Gasteiger partial charge in [-0.05, 0) is 38.7 Å². The number of ether oxygens (including phenoxy) is 2. The second-order valence-electron chi connectivity index (χ2n) is 8.67. The van der Waals surface area contributed by atoms with Crippen LogP contribution in [0.4, 0.5) is 11.6 Å². The van der Waals surface area contributed by atoms with Gasteiger partial charge in [-0.2, -0.15) is 0 Å². The third-order valence-electron chi connectivity index (χ3n) is 6.45. The molecule has 1 aromatic carbocycles. The van der Waals surface area contributed by atoms with Gasteiger partial charge in [0.25, 0.3) is 0 Å². The standard InChI is InChI=1S/C24H30N6O3/c1-16-17(15-31)14-27-24(28-16)29-18-2-4-20(5-3-18)33-22-13-19(30-8-10-32-11-9-30)12-21-23(22)26-7-6-25-21/h6-7,12-14,18,20,31H,2-5,8-11,15H2,1H3,(H,27,28,29). The molecule has 5 rings (SSSR count). The van der Waals surface area contributed by atoms with Gasteiger partial charge < -0.3 is 24.8 Å². The Bertz CT molecular complexity index is 1100. The van der Waals surface area contributed by atoms with E-state index in [0.29, 0.717) is 12.0 Å². The van der Waals surface area contributed by atoms with Gasteiger partial charge in [-0.3, -0.25) is 4.98 Å². The van der Waals surface area contributed by atoms with E-state index in [1.807, 2.05) is 6.92 Å². The molecule has 1 aliphatic carbocycles. The van der Waals surface area contributed by atoms with Crippen LogP contribution in [-0.2, 0) is 11.3 Å². The molecule has 0 atom stereocenters. The maximum Gasteiger partial charge on any atom is 0.223 e. The Balaban J connectivity index is 1.25. The van der Waals surface area contributed by atoms with Crippen LogP contribution in [0.2, 0.25) is 0 Å². The number of aryl methyl sites for hydroxylation is 1. The summed E-state index contributed by atoms with van der Waals surface area (Å²) < 4.78 is 12.0. The molecule has 2 aromatic heterocycles. The van der Waals surface area contributed by atoms with Gasteiger partial charge in [-0.15, -0.1) is 0 Å². The number of aromatic nitrogens is 4. The summed E-state index contributed by atoms with van der Waals surface area (Å²) in [5.41, 5.74) is 4.33. The van der Waals surface area contributed by atoms with Gasteiger partial charge >= 0.3 is 0 Å². The number of fused-ring (bicyclic) bond motifs is 1. The number of nitrogens with zero attached hydrogens (tertiary/aromatic N) is 5. The summed E-state index contributed by atoms with van der Waals surface area (Å²) in [6.07, 6.45) is 9.09. The van der Waals surface area contributed by atoms with Crippen molar-refractivity contribution in [2.24, 2.45) is 0 Å². The molecule has 0 spiro atoms. The monoisotopic (exact) mass is 450 g/mol. The van der Waals surface area contributed by atoms with E-state index in [-0.39, 0.29) is 12.7 Å². The number of hydrogen-bond donors (Lipinski definition) is 2. The summed E-state index contributed by atoms with van der Waals surface area (Å²) in [6, 6.07) is 4.50. The van der Waals surface area contributed by atoms with Gasteiger partial charge in [0.05, 0.1) is 31.4 Å². The van der Waals surface area contributed by atoms with Crippen molar-refractivity contribution >= 4 is 22.7 Å². The highest BCUT2D eigenvalue weighted by molar-refractivity contribution is 5.85. The first-order valence-electron chi connectivity index (χ1n) is 11.6. The van der Waals surface area contributed by atoms with E-state index in [9.17, 15) is 5.11 Å². The van der Waals surface area contributed by atoms with Crippen molar-refractivity contribution in [2.45, 2.75) is 51.4 Å². The third-order valence-corrected chi connectivity index (χ3v) is 6.45. The molecule has 3 heterocycles. The zero-order valence-corrected chi connectivity index (χ0v) is 18.9. The Morgan fingerprint density at radius 1 is 1.09 bits per heavy atom. The van der Waals surface area contributed by atoms with Gasteiger partial charge in [0.2, 0.25) is 5.95 Å². The molecule has 3 aromatic rings. The SMILES string of the molecule is Cc1nc(NC2CCC(Oc3cc(N4CCOCC4)cc4nccnc34)CC2)ncc1CO. The smallest absolute Gasteiger partial charge is 0.223 e. The summed E-state index contributed by atoms with van der Waals surface area (Å²) in [4.78, 5) is 20.2. The molecule has 9 heteroatoms. The Labute approximate surface area is 193 Å². The lowest BCUT2D eigenvalue weighted by Crippen LogP contribution is -2.36. The highest BCUT2D eigenvalue weighted by Crippen LogP contribution is 2.33. The molecular formula is C24H30N6O3. The van der Waals surface area contributed by atoms with E-state index in [1.54, 1.807) is 18.6 Å². The fraction of sp³-hybridized carbons (Fsp3) is 0.500. The summed E-state index contributed by atoms with van der Waals surface area (Å²) in [5, 5.41) is 12.7. The van der Waals surface area contributed by atoms with E-state index in [1.165, 1.54) is 0 Å². The van der Waals surface area contributed by atoms with E-state index in [0.717, 1.165) is 85.7 Å². The van der Waals surface area contributed by atoms with Crippen molar-refractivity contribution in [1.29, 1.82) is 0 Å². The molecule has 174 valence electrons. The number of aliphatic hydroxyl groups is 1. The summed E-state index contributed by atoms with van der Waals surface area (Å²) >= 11 is 0. The molecule has 9 nitrogen and oxygen atoms in total. The quantitative estimate of drug-likeness (QED) is 0.586. The number of rotatable bonds is 6. The van der Waals surface area contributed by atoms with Crippen LogP contribution in [0.1, 0.15) is 36.9 Å². The molecule has 1 saturated carbocycles. The minimum absolute atomic E-state index is 0.0413. The van der Waals surface area contributed by atoms with Crippen molar-refractivity contribution in [2.75, 3.05) is 36.5 Å². The van der Waals surface area contributed by atoms with Crippen molar-refractivity contribution in [1.82, 2.24) is 19.9 Å². The lowest BCUT2D eigenvalue weighted by atomic mass is 9.93. The van der Waals surface area contributed by atoms with Gasteiger partial charge in [0.1, 0.15) is 11.3 Å². The van der Waals surface area contributed by atoms with Crippen LogP contribution in [0.5, 0.6) is 5.75 Å². The number of benzene rings is 1. The van der Waals surface area contributed by atoms with Crippen LogP contribution in [0.25, 0.3) is 11.0 Å². The normalized spacial score (nSPS) is 21.2. The highest BCUT2D eigenvalue weighted by atomic mass is 16.5. The first-order chi connectivity index (χ1) is 16.2. The van der Waals surface area contributed by atoms with Crippen LogP contribution in [0, 0.1) is 6.92 Å². The van der Waals surface area contributed by atoms with E-state index < -0.39 is 0 Å². The molecule has 2 aliphatic rings. The van der Waals surface area contributed by atoms with Gasteiger partial charge in [-0.1, -0.05) is 0 Å². The number of aliphatic hydroxyl groups excluding tert-OH is 1. The molecule has 33 heavy (non-hydrogen) atoms. The molecule has 0 bridgehead atoms. The van der Waals surface area contributed by atoms with Crippen LogP contribution in [0.15, 0.2) is 30.7 Å². The Morgan fingerprint density at radius 2 is 1.88 bits per heavy atom. The molecule has 1 saturated heterocycles. The van der Waals surface area contributed by atoms with E-state index >= 15 is 0 Å². The average molecular weight is 451 g/mol. The van der Waals surface area contributed by atoms with Crippen molar-refractivity contribution in [3.05, 3.63) is 42.0 Å². The minimum atomic E-state index is -0.0413. The Kier molecular flexibility index (Phi) is 6.50. The second-order valence-corrected chi connectivity index (χ2v) is 8.67. The van der Waals surface area contributed by atoms with Crippen LogP contribution >= 0.6 is 0 Å². The minimum Gasteiger partial charge on any atom is -0.488 e. The molecule has 0 radical (unpaired) electrons. The van der Waals surface area contributed by atoms with Gasteiger partial charge in [-0.25, -0.2) is 15.0 Å². The zero-order chi connectivity index (χ0) is 22.6. The fourth-order valence-corrected chi connectivity index (χ4v) is 4.53. The number of anilines is 2. The average Bonchev–Trinajstić information content (AvgIpc) is 2.86. The Hall–Kier alpha value is -3.04. The van der Waals surface area contributed by atoms with Crippen molar-refractivity contribution < 1.29 is 14.6 Å². The van der Waals surface area contributed by atoms with Crippen molar-refractivity contribution in [3.63, 3.8) is 0 Å². The number of hydrogen-bond acceptors (Lipinski definition) is 9. The van der Waals surface area contributed by atoms with Gasteiger partial charge in [0, 0.05) is 60.7 Å². The van der Waals surface area contributed by atoms with Crippen molar-refractivity contribution in [3.8, 4) is 5.75 Å². The van der Waals surface area contributed by atoms with E-state index in [2.05, 4.69) is 42.3 Å². The summed E-state index contributed by atoms with van der Waals surface area (Å²) in [7, 11) is 0. The molecule has 2 fully saturated rings. The maximum atomic E-state index is 9.31. The lowest BCUT2D eigenvalue weighted by Gasteiger charge is -2.31. The summed E-state index contributed by atoms with van der Waals surface area (Å²) in [5.74, 6) is 1.42. The predicted octanol–water partition coefficient (Wildman–Crippen LogP) is 2.86. The maximum absolute atomic E-state index is 9.31. The van der Waals surface area contributed by atoms with Crippen LogP contribution in [0.3, 0.4) is 0 Å².